The van der Waals surface area contributed by atoms with E-state index in [1.165, 1.54) is 62.1 Å². The summed E-state index contributed by atoms with van der Waals surface area (Å²) in [6, 6.07) is 36.8. The molecule has 5 rings (SSSR count). The third-order valence-electron chi connectivity index (χ3n) is 10.6. The molecule has 74 heavy (non-hydrogen) atoms. The minimum atomic E-state index is 0.266. The quantitative estimate of drug-likeness (QED) is 0.138. The maximum absolute atomic E-state index is 5.35. The van der Waals surface area contributed by atoms with E-state index >= 15 is 0 Å². The van der Waals surface area contributed by atoms with Gasteiger partial charge in [0.2, 0.25) is 0 Å². The predicted molar refractivity (Wildman–Crippen MR) is 335 cm³/mol. The smallest absolute Gasteiger partial charge is 0.125 e. The highest BCUT2D eigenvalue weighted by molar-refractivity contribution is 5.41. The Morgan fingerprint density at radius 3 is 1.04 bits per heavy atom. The summed E-state index contributed by atoms with van der Waals surface area (Å²) in [5.74, 6) is 2.74. The summed E-state index contributed by atoms with van der Waals surface area (Å²) < 4.78 is 15.8. The van der Waals surface area contributed by atoms with Gasteiger partial charge < -0.3 is 14.2 Å². The van der Waals surface area contributed by atoms with Gasteiger partial charge in [-0.3, -0.25) is 0 Å². The Labute approximate surface area is 460 Å². The fourth-order valence-electron chi connectivity index (χ4n) is 7.41. The predicted octanol–water partition coefficient (Wildman–Crippen LogP) is 21.6. The molecule has 0 fully saturated rings. The highest BCUT2D eigenvalue weighted by atomic mass is 16.5. The van der Waals surface area contributed by atoms with Crippen molar-refractivity contribution in [3.05, 3.63) is 171 Å². The lowest BCUT2D eigenvalue weighted by molar-refractivity contribution is 0.371. The van der Waals surface area contributed by atoms with Gasteiger partial charge in [-0.25, -0.2) is 0 Å². The van der Waals surface area contributed by atoms with Gasteiger partial charge in [0.15, 0.2) is 0 Å². The van der Waals surface area contributed by atoms with Crippen molar-refractivity contribution in [2.24, 2.45) is 27.1 Å². The van der Waals surface area contributed by atoms with Crippen LogP contribution in [0, 0.1) is 61.7 Å². The number of allylic oxidation sites excluding steroid dienone is 1. The number of methoxy groups -OCH3 is 3. The van der Waals surface area contributed by atoms with Crippen LogP contribution in [0.25, 0.3) is 0 Å². The Morgan fingerprint density at radius 1 is 0.365 bits per heavy atom. The van der Waals surface area contributed by atoms with Gasteiger partial charge >= 0.3 is 0 Å². The highest BCUT2D eigenvalue weighted by Crippen LogP contribution is 2.31. The summed E-state index contributed by atoms with van der Waals surface area (Å²) in [6.45, 7) is 58.1. The second kappa shape index (κ2) is 37.1. The Balaban J connectivity index is -0.000000822. The van der Waals surface area contributed by atoms with E-state index in [2.05, 4.69) is 243 Å². The third-order valence-corrected chi connectivity index (χ3v) is 10.6. The molecule has 0 saturated heterocycles. The summed E-state index contributed by atoms with van der Waals surface area (Å²) in [4.78, 5) is 0. The van der Waals surface area contributed by atoms with E-state index < -0.39 is 0 Å². The highest BCUT2D eigenvalue weighted by Gasteiger charge is 2.16. The van der Waals surface area contributed by atoms with E-state index in [1.807, 2.05) is 45.9 Å². The second-order valence-corrected chi connectivity index (χ2v) is 25.3. The first-order valence-corrected chi connectivity index (χ1v) is 27.8. The molecular formula is C71H116O3. The fourth-order valence-corrected chi connectivity index (χ4v) is 7.41. The average Bonchev–Trinajstić information content (AvgIpc) is 3.30. The lowest BCUT2D eigenvalue weighted by Gasteiger charge is -2.20. The fraction of sp³-hybridized carbons (Fsp3) is 0.549. The van der Waals surface area contributed by atoms with Gasteiger partial charge in [0.1, 0.15) is 17.2 Å². The first-order valence-electron chi connectivity index (χ1n) is 27.8. The maximum atomic E-state index is 5.35. The molecule has 0 saturated carbocycles. The second-order valence-electron chi connectivity index (χ2n) is 25.3. The Morgan fingerprint density at radius 2 is 0.703 bits per heavy atom. The van der Waals surface area contributed by atoms with Crippen molar-refractivity contribution in [2.45, 2.75) is 212 Å². The van der Waals surface area contributed by atoms with Gasteiger partial charge in [-0.15, -0.1) is 6.58 Å². The van der Waals surface area contributed by atoms with Crippen LogP contribution in [0.2, 0.25) is 0 Å². The van der Waals surface area contributed by atoms with E-state index in [9.17, 15) is 0 Å². The molecule has 0 atom stereocenters. The van der Waals surface area contributed by atoms with Crippen LogP contribution in [0.1, 0.15) is 201 Å². The van der Waals surface area contributed by atoms with Gasteiger partial charge in [-0.2, -0.15) is 0 Å². The van der Waals surface area contributed by atoms with Crippen LogP contribution in [0.3, 0.4) is 0 Å². The van der Waals surface area contributed by atoms with Crippen molar-refractivity contribution in [2.75, 3.05) is 21.3 Å². The molecule has 0 amide bonds. The summed E-state index contributed by atoms with van der Waals surface area (Å²) in [5, 5.41) is 0. The molecule has 418 valence electrons. The number of aryl methyl sites for hydroxylation is 5. The Kier molecular flexibility index (Phi) is 36.8. The van der Waals surface area contributed by atoms with Crippen LogP contribution in [0.4, 0.5) is 0 Å². The molecule has 0 N–H and O–H groups in total. The average molecular weight is 1020 g/mol. The van der Waals surface area contributed by atoms with Crippen LogP contribution < -0.4 is 14.2 Å². The first kappa shape index (κ1) is 73.5. The monoisotopic (exact) mass is 1020 g/mol. The topological polar surface area (TPSA) is 27.7 Å². The largest absolute Gasteiger partial charge is 0.497 e. The Bertz CT molecular complexity index is 2130. The molecule has 3 nitrogen and oxygen atoms in total. The van der Waals surface area contributed by atoms with E-state index in [-0.39, 0.29) is 5.41 Å². The van der Waals surface area contributed by atoms with Gasteiger partial charge in [-0.05, 0) is 151 Å². The zero-order valence-electron chi connectivity index (χ0n) is 53.6. The van der Waals surface area contributed by atoms with Gasteiger partial charge in [0, 0.05) is 6.07 Å². The normalized spacial score (nSPS) is 10.8. The number of benzene rings is 5. The van der Waals surface area contributed by atoms with Crippen LogP contribution in [0.15, 0.2) is 116 Å². The molecule has 5 aromatic rings. The van der Waals surface area contributed by atoms with E-state index in [1.54, 1.807) is 21.3 Å². The molecule has 0 unspecified atom stereocenters. The minimum Gasteiger partial charge on any atom is -0.497 e. The van der Waals surface area contributed by atoms with Crippen LogP contribution in [0.5, 0.6) is 17.2 Å². The van der Waals surface area contributed by atoms with E-state index in [0.717, 1.165) is 49.4 Å². The first-order chi connectivity index (χ1) is 34.1. The molecule has 3 heteroatoms. The molecular weight excluding hydrogens is 901 g/mol. The molecule has 5 aromatic carbocycles. The molecule has 0 aliphatic carbocycles. The molecule has 0 aliphatic heterocycles. The van der Waals surface area contributed by atoms with Crippen LogP contribution >= 0.6 is 0 Å². The summed E-state index contributed by atoms with van der Waals surface area (Å²) in [6.07, 6.45) is 8.53. The molecule has 0 aliphatic rings. The maximum Gasteiger partial charge on any atom is 0.125 e. The van der Waals surface area contributed by atoms with E-state index in [0.29, 0.717) is 21.7 Å². The number of hydrogen-bond donors (Lipinski definition) is 0. The van der Waals surface area contributed by atoms with E-state index in [4.69, 9.17) is 14.2 Å². The van der Waals surface area contributed by atoms with Crippen molar-refractivity contribution in [1.29, 1.82) is 0 Å². The molecule has 0 aromatic heterocycles. The zero-order chi connectivity index (χ0) is 58.1. The van der Waals surface area contributed by atoms with Crippen LogP contribution in [-0.4, -0.2) is 21.3 Å². The van der Waals surface area contributed by atoms with Gasteiger partial charge in [0.25, 0.3) is 0 Å². The van der Waals surface area contributed by atoms with Crippen molar-refractivity contribution in [1.82, 2.24) is 0 Å². The van der Waals surface area contributed by atoms with Crippen molar-refractivity contribution < 1.29 is 14.2 Å². The van der Waals surface area contributed by atoms with Gasteiger partial charge in [-0.1, -0.05) is 246 Å². The number of hydrogen-bond acceptors (Lipinski definition) is 3. The van der Waals surface area contributed by atoms with Crippen molar-refractivity contribution >= 4 is 0 Å². The number of rotatable bonds is 9. The summed E-state index contributed by atoms with van der Waals surface area (Å²) >= 11 is 0. The molecule has 0 heterocycles. The zero-order valence-corrected chi connectivity index (χ0v) is 53.6. The SMILES string of the molecule is C=CCC.CC.CC.COc1cc(CC(C)(C)C)ccc1C.COc1ccc(CC(C)(C)C)c(OC)c1.Cc1ccc(CC(C)(C)C)c(C)c1.Cc1ccc(CC(C)(C)C)cc1.Cc1ccc(CC(C)(C)C)cc1. The number of ether oxygens (including phenoxy) is 3. The van der Waals surface area contributed by atoms with Crippen LogP contribution in [-0.2, 0) is 32.1 Å². The standard InChI is InChI=1S/C13H20O2.C13H20O.C13H20.2C12H18.C4H8.2C2H6/c1-13(2,3)9-10-6-7-11(14-4)8-12(10)15-5;1-10-6-7-11(8-12(10)14-5)9-13(2,3)4;1-10-6-7-12(11(2)8-10)9-13(3,4)5;2*1-10-5-7-11(8-6-10)9-12(2,3)4;1-3-4-2;2*1-2/h6-8H,9H2,1-5H3;6-8H,9H2,1-5H3;6-8H,9H2,1-5H3;2*5-8H,9H2,1-4H3;3H,1,4H2,2H3;2*1-2H3. The summed E-state index contributed by atoms with van der Waals surface area (Å²) in [7, 11) is 5.09. The minimum absolute atomic E-state index is 0.266. The lowest BCUT2D eigenvalue weighted by atomic mass is 9.86. The summed E-state index contributed by atoms with van der Waals surface area (Å²) in [5.41, 5.74) is 15.4. The molecule has 0 spiro atoms. The molecule has 0 bridgehead atoms. The Hall–Kier alpha value is -4.76. The molecule has 0 radical (unpaired) electrons. The third kappa shape index (κ3) is 39.7. The lowest BCUT2D eigenvalue weighted by Crippen LogP contribution is -2.10. The van der Waals surface area contributed by atoms with Crippen molar-refractivity contribution in [3.8, 4) is 17.2 Å². The van der Waals surface area contributed by atoms with Gasteiger partial charge in [0.05, 0.1) is 21.3 Å². The van der Waals surface area contributed by atoms with Crippen molar-refractivity contribution in [3.63, 3.8) is 0 Å².